The Morgan fingerprint density at radius 2 is 1.74 bits per heavy atom. The summed E-state index contributed by atoms with van der Waals surface area (Å²) in [7, 11) is -4.08. The van der Waals surface area contributed by atoms with E-state index in [9.17, 15) is 8.42 Å². The van der Waals surface area contributed by atoms with E-state index in [4.69, 9.17) is 16.2 Å². The molecule has 3 rings (SSSR count). The summed E-state index contributed by atoms with van der Waals surface area (Å²) >= 11 is 7.35. The van der Waals surface area contributed by atoms with Crippen molar-refractivity contribution < 1.29 is 17.5 Å². The number of thiazole rings is 1. The van der Waals surface area contributed by atoms with E-state index in [0.29, 0.717) is 5.02 Å². The van der Waals surface area contributed by atoms with Crippen LogP contribution in [0, 0.1) is 6.92 Å². The van der Waals surface area contributed by atoms with Crippen LogP contribution in [0.5, 0.6) is 0 Å². The fraction of sp³-hybridized carbons (Fsp3) is 0.188. The zero-order chi connectivity index (χ0) is 17.0. The van der Waals surface area contributed by atoms with Crippen LogP contribution in [0.15, 0.2) is 53.4 Å². The largest absolute Gasteiger partial charge is 0.294 e. The van der Waals surface area contributed by atoms with Gasteiger partial charge in [0.05, 0.1) is 4.90 Å². The third kappa shape index (κ3) is 4.51. The van der Waals surface area contributed by atoms with Crippen LogP contribution in [0.1, 0.15) is 11.9 Å². The molecule has 1 N–H and O–H groups in total. The fourth-order valence-corrected chi connectivity index (χ4v) is 3.84. The van der Waals surface area contributed by atoms with Gasteiger partial charge in [-0.15, -0.1) is 0 Å². The van der Waals surface area contributed by atoms with Crippen molar-refractivity contribution in [2.24, 2.45) is 0 Å². The number of aromatic nitrogens is 1. The minimum Gasteiger partial charge on any atom is -0.282 e. The van der Waals surface area contributed by atoms with Crippen LogP contribution >= 0.6 is 22.9 Å². The molecule has 0 amide bonds. The summed E-state index contributed by atoms with van der Waals surface area (Å²) in [5.74, 6) is 0. The molecule has 0 aliphatic rings. The Hall–Kier alpha value is -1.47. The molecule has 0 radical (unpaired) electrons. The Kier molecular flexibility index (Phi) is 5.75. The summed E-state index contributed by atoms with van der Waals surface area (Å²) in [6.07, 6.45) is 0. The molecule has 0 saturated carbocycles. The molecule has 1 heterocycles. The van der Waals surface area contributed by atoms with Crippen molar-refractivity contribution in [2.45, 2.75) is 25.3 Å². The zero-order valence-electron chi connectivity index (χ0n) is 12.7. The van der Waals surface area contributed by atoms with E-state index >= 15 is 0 Å². The maximum absolute atomic E-state index is 10.5. The highest BCUT2D eigenvalue weighted by Crippen LogP contribution is 2.18. The third-order valence-corrected chi connectivity index (χ3v) is 5.42. The van der Waals surface area contributed by atoms with Crippen molar-refractivity contribution in [2.75, 3.05) is 0 Å². The molecule has 122 valence electrons. The number of halogens is 1. The van der Waals surface area contributed by atoms with Crippen molar-refractivity contribution in [3.05, 3.63) is 58.6 Å². The van der Waals surface area contributed by atoms with Crippen molar-refractivity contribution in [1.82, 2.24) is 0 Å². The van der Waals surface area contributed by atoms with Gasteiger partial charge in [0.2, 0.25) is 10.5 Å². The molecule has 23 heavy (non-hydrogen) atoms. The lowest BCUT2D eigenvalue weighted by atomic mass is 10.3. The van der Waals surface area contributed by atoms with Crippen LogP contribution in [0.2, 0.25) is 5.02 Å². The first-order valence-corrected chi connectivity index (χ1v) is 9.57. The van der Waals surface area contributed by atoms with E-state index in [0.717, 1.165) is 6.54 Å². The Balaban J connectivity index is 0.000000168. The van der Waals surface area contributed by atoms with E-state index in [1.807, 2.05) is 11.3 Å². The SMILES string of the molecule is CC[n+]1c(C)sc2ccccc21.O=S(=O)(O)c1ccc(Cl)cc1. The number of fused-ring (bicyclic) bond motifs is 1. The lowest BCUT2D eigenvalue weighted by Crippen LogP contribution is -2.33. The molecule has 0 aliphatic carbocycles. The topological polar surface area (TPSA) is 58.2 Å². The van der Waals surface area contributed by atoms with E-state index < -0.39 is 10.1 Å². The number of para-hydroxylation sites is 1. The Bertz CT molecular complexity index is 903. The average molecular weight is 371 g/mol. The Labute approximate surface area is 144 Å². The average Bonchev–Trinajstić information content (AvgIpc) is 2.82. The first-order valence-electron chi connectivity index (χ1n) is 6.94. The number of benzene rings is 2. The number of hydrogen-bond acceptors (Lipinski definition) is 3. The second-order valence-electron chi connectivity index (χ2n) is 4.76. The number of nitrogens with zero attached hydrogens (tertiary/aromatic N) is 1. The summed E-state index contributed by atoms with van der Waals surface area (Å²) < 4.78 is 33.2. The highest BCUT2D eigenvalue weighted by molar-refractivity contribution is 7.85. The zero-order valence-corrected chi connectivity index (χ0v) is 15.1. The number of aryl methyl sites for hydroxylation is 2. The van der Waals surface area contributed by atoms with Gasteiger partial charge in [0.15, 0.2) is 0 Å². The van der Waals surface area contributed by atoms with Gasteiger partial charge in [0, 0.05) is 18.0 Å². The molecule has 1 aromatic heterocycles. The molecule has 0 saturated heterocycles. The molecular weight excluding hydrogens is 354 g/mol. The van der Waals surface area contributed by atoms with Gasteiger partial charge in [0.25, 0.3) is 10.1 Å². The fourth-order valence-electron chi connectivity index (χ4n) is 2.15. The summed E-state index contributed by atoms with van der Waals surface area (Å²) in [5.41, 5.74) is 1.36. The van der Waals surface area contributed by atoms with Gasteiger partial charge in [-0.3, -0.25) is 4.55 Å². The van der Waals surface area contributed by atoms with Gasteiger partial charge in [0.1, 0.15) is 11.2 Å². The first-order chi connectivity index (χ1) is 10.8. The van der Waals surface area contributed by atoms with Crippen molar-refractivity contribution in [1.29, 1.82) is 0 Å². The summed E-state index contributed by atoms with van der Waals surface area (Å²) in [6, 6.07) is 13.8. The maximum Gasteiger partial charge on any atom is 0.294 e. The number of rotatable bonds is 2. The van der Waals surface area contributed by atoms with Gasteiger partial charge < -0.3 is 0 Å². The predicted octanol–water partition coefficient (Wildman–Crippen LogP) is 4.10. The number of hydrogen-bond donors (Lipinski definition) is 1. The van der Waals surface area contributed by atoms with E-state index in [2.05, 4.69) is 42.7 Å². The van der Waals surface area contributed by atoms with Gasteiger partial charge in [-0.1, -0.05) is 35.1 Å². The van der Waals surface area contributed by atoms with Gasteiger partial charge >= 0.3 is 0 Å². The van der Waals surface area contributed by atoms with Gasteiger partial charge in [-0.2, -0.15) is 13.0 Å². The van der Waals surface area contributed by atoms with Crippen LogP contribution in [-0.2, 0) is 16.7 Å². The molecular formula is C16H17ClNO3S2+. The van der Waals surface area contributed by atoms with Crippen LogP contribution in [-0.4, -0.2) is 13.0 Å². The second kappa shape index (κ2) is 7.40. The van der Waals surface area contributed by atoms with Gasteiger partial charge in [-0.05, 0) is 37.3 Å². The monoisotopic (exact) mass is 370 g/mol. The van der Waals surface area contributed by atoms with E-state index in [-0.39, 0.29) is 4.90 Å². The minimum atomic E-state index is -4.08. The molecule has 0 bridgehead atoms. The third-order valence-electron chi connectivity index (χ3n) is 3.22. The smallest absolute Gasteiger partial charge is 0.282 e. The van der Waals surface area contributed by atoms with Crippen LogP contribution in [0.4, 0.5) is 0 Å². The molecule has 0 unspecified atom stereocenters. The molecule has 4 nitrogen and oxygen atoms in total. The standard InChI is InChI=1S/C10H12NS.C6H5ClO3S/c1-3-11-8(2)12-10-7-5-4-6-9(10)11;7-5-1-3-6(4-2-5)11(8,9)10/h4-7H,3H2,1-2H3;1-4H,(H,8,9,10)/q+1;. The molecule has 3 aromatic rings. The molecule has 0 aliphatic heterocycles. The van der Waals surface area contributed by atoms with Crippen molar-refractivity contribution in [3.63, 3.8) is 0 Å². The lowest BCUT2D eigenvalue weighted by Gasteiger charge is -1.94. The predicted molar refractivity (Wildman–Crippen MR) is 93.7 cm³/mol. The summed E-state index contributed by atoms with van der Waals surface area (Å²) in [6.45, 7) is 5.43. The molecule has 0 spiro atoms. The lowest BCUT2D eigenvalue weighted by molar-refractivity contribution is -0.669. The molecule has 2 aromatic carbocycles. The van der Waals surface area contributed by atoms with Crippen LogP contribution in [0.3, 0.4) is 0 Å². The Morgan fingerprint density at radius 1 is 1.13 bits per heavy atom. The first kappa shape index (κ1) is 17.9. The highest BCUT2D eigenvalue weighted by atomic mass is 35.5. The van der Waals surface area contributed by atoms with Gasteiger partial charge in [-0.25, -0.2) is 0 Å². The molecule has 7 heteroatoms. The van der Waals surface area contributed by atoms with Crippen molar-refractivity contribution in [3.8, 4) is 0 Å². The van der Waals surface area contributed by atoms with Crippen LogP contribution < -0.4 is 4.57 Å². The van der Waals surface area contributed by atoms with E-state index in [1.54, 1.807) is 0 Å². The minimum absolute atomic E-state index is 0.151. The van der Waals surface area contributed by atoms with Crippen molar-refractivity contribution >= 4 is 43.3 Å². The Morgan fingerprint density at radius 3 is 2.30 bits per heavy atom. The maximum atomic E-state index is 10.5. The normalized spacial score (nSPS) is 11.1. The highest BCUT2D eigenvalue weighted by Gasteiger charge is 2.13. The quantitative estimate of drug-likeness (QED) is 0.545. The summed E-state index contributed by atoms with van der Waals surface area (Å²) in [5, 5.41) is 1.82. The molecule has 0 fully saturated rings. The van der Waals surface area contributed by atoms with E-state index in [1.165, 1.54) is 39.5 Å². The van der Waals surface area contributed by atoms with Crippen LogP contribution in [0.25, 0.3) is 10.2 Å². The second-order valence-corrected chi connectivity index (χ2v) is 7.85. The summed E-state index contributed by atoms with van der Waals surface area (Å²) in [4.78, 5) is -0.151. The molecule has 0 atom stereocenters.